The smallest absolute Gasteiger partial charge is 0.141 e. The average molecular weight is 448 g/mol. The molecular weight excluding hydrogens is 426 g/mol. The standard InChI is InChI=1S/C32H21N3/c1-2-6-25-18(4-1)12-20-7-8-21-13-23-15-24-14-22-5-3-10-34-32(22)35-27-17-33-11-9-19(27)16-26(31(24)35)29(23)30(21)28(20)25/h1-11,15,17H,12-14,16H2. The van der Waals surface area contributed by atoms with Crippen LogP contribution < -0.4 is 4.90 Å². The molecule has 164 valence electrons. The molecule has 0 saturated carbocycles. The SMILES string of the molecule is c1ccc2c(c1)Cc1ccc3c(c1-2)-c1c(cc2c4c1Cc1ccncc1N4c1ncccc1C2)C3. The summed E-state index contributed by atoms with van der Waals surface area (Å²) in [5.41, 5.74) is 19.7. The van der Waals surface area contributed by atoms with Gasteiger partial charge in [0.25, 0.3) is 0 Å². The van der Waals surface area contributed by atoms with Crippen molar-refractivity contribution in [2.75, 3.05) is 4.90 Å². The number of hydrogen-bond acceptors (Lipinski definition) is 3. The monoisotopic (exact) mass is 447 g/mol. The van der Waals surface area contributed by atoms with Gasteiger partial charge in [0.15, 0.2) is 0 Å². The number of benzene rings is 3. The van der Waals surface area contributed by atoms with Gasteiger partial charge in [-0.15, -0.1) is 0 Å². The number of aromatic nitrogens is 2. The normalized spacial score (nSPS) is 14.9. The predicted molar refractivity (Wildman–Crippen MR) is 139 cm³/mol. The first kappa shape index (κ1) is 18.1. The minimum absolute atomic E-state index is 0.933. The molecule has 0 unspecified atom stereocenters. The molecule has 5 aromatic rings. The zero-order chi connectivity index (χ0) is 22.7. The topological polar surface area (TPSA) is 29.0 Å². The largest absolute Gasteiger partial charge is 0.292 e. The van der Waals surface area contributed by atoms with E-state index in [0.29, 0.717) is 0 Å². The van der Waals surface area contributed by atoms with Crippen molar-refractivity contribution in [3.8, 4) is 22.3 Å². The molecule has 0 atom stereocenters. The molecule has 3 heteroatoms. The second-order valence-corrected chi connectivity index (χ2v) is 10.2. The minimum atomic E-state index is 0.933. The van der Waals surface area contributed by atoms with Crippen molar-refractivity contribution in [2.24, 2.45) is 0 Å². The van der Waals surface area contributed by atoms with Crippen molar-refractivity contribution in [1.82, 2.24) is 9.97 Å². The van der Waals surface area contributed by atoms with Gasteiger partial charge in [0.2, 0.25) is 0 Å². The third kappa shape index (κ3) is 2.21. The molecule has 4 heterocycles. The van der Waals surface area contributed by atoms with E-state index in [-0.39, 0.29) is 0 Å². The van der Waals surface area contributed by atoms with Gasteiger partial charge in [-0.3, -0.25) is 9.88 Å². The van der Waals surface area contributed by atoms with Gasteiger partial charge in [-0.1, -0.05) is 48.5 Å². The van der Waals surface area contributed by atoms with Crippen LogP contribution in [-0.4, -0.2) is 9.97 Å². The van der Waals surface area contributed by atoms with Gasteiger partial charge in [0, 0.05) is 25.2 Å². The Morgan fingerprint density at radius 2 is 1.43 bits per heavy atom. The summed E-state index contributed by atoms with van der Waals surface area (Å²) < 4.78 is 0. The fourth-order valence-corrected chi connectivity index (χ4v) is 7.07. The Bertz CT molecular complexity index is 1750. The Morgan fingerprint density at radius 1 is 0.600 bits per heavy atom. The zero-order valence-corrected chi connectivity index (χ0v) is 19.2. The first-order valence-corrected chi connectivity index (χ1v) is 12.4. The quantitative estimate of drug-likeness (QED) is 0.253. The van der Waals surface area contributed by atoms with Crippen LogP contribution in [0.25, 0.3) is 22.3 Å². The third-order valence-corrected chi connectivity index (χ3v) is 8.42. The van der Waals surface area contributed by atoms with Crippen molar-refractivity contribution in [1.29, 1.82) is 0 Å². The molecule has 0 spiro atoms. The Hall–Kier alpha value is -4.24. The highest BCUT2D eigenvalue weighted by Gasteiger charge is 2.38. The molecule has 3 aromatic carbocycles. The first-order chi connectivity index (χ1) is 17.3. The molecule has 0 fully saturated rings. The number of fused-ring (bicyclic) bond motifs is 12. The van der Waals surface area contributed by atoms with Gasteiger partial charge in [0.1, 0.15) is 5.82 Å². The Morgan fingerprint density at radius 3 is 2.40 bits per heavy atom. The van der Waals surface area contributed by atoms with Crippen molar-refractivity contribution in [2.45, 2.75) is 25.7 Å². The molecule has 2 aromatic heterocycles. The lowest BCUT2D eigenvalue weighted by molar-refractivity contribution is 0.971. The van der Waals surface area contributed by atoms with Crippen LogP contribution in [0.4, 0.5) is 17.2 Å². The molecule has 2 aliphatic carbocycles. The van der Waals surface area contributed by atoms with Gasteiger partial charge < -0.3 is 0 Å². The number of hydrogen-bond donors (Lipinski definition) is 0. The van der Waals surface area contributed by atoms with E-state index in [1.54, 1.807) is 0 Å². The maximum atomic E-state index is 4.87. The van der Waals surface area contributed by atoms with Gasteiger partial charge in [-0.2, -0.15) is 0 Å². The van der Waals surface area contributed by atoms with E-state index in [1.165, 1.54) is 78.1 Å². The van der Waals surface area contributed by atoms with E-state index in [0.717, 1.165) is 31.5 Å². The molecule has 0 N–H and O–H groups in total. The van der Waals surface area contributed by atoms with Crippen LogP contribution in [0.15, 0.2) is 79.3 Å². The van der Waals surface area contributed by atoms with Crippen molar-refractivity contribution in [3.05, 3.63) is 124 Å². The highest BCUT2D eigenvalue weighted by molar-refractivity contribution is 6.00. The van der Waals surface area contributed by atoms with E-state index in [4.69, 9.17) is 4.98 Å². The lowest BCUT2D eigenvalue weighted by Crippen LogP contribution is -2.26. The number of pyridine rings is 2. The average Bonchev–Trinajstić information content (AvgIpc) is 3.46. The highest BCUT2D eigenvalue weighted by atomic mass is 15.2. The summed E-state index contributed by atoms with van der Waals surface area (Å²) >= 11 is 0. The van der Waals surface area contributed by atoms with E-state index in [1.807, 2.05) is 18.6 Å². The Labute approximate surface area is 203 Å². The van der Waals surface area contributed by atoms with Crippen molar-refractivity contribution >= 4 is 17.2 Å². The van der Waals surface area contributed by atoms with Crippen molar-refractivity contribution in [3.63, 3.8) is 0 Å². The van der Waals surface area contributed by atoms with Crippen LogP contribution in [-0.2, 0) is 25.7 Å². The van der Waals surface area contributed by atoms with Gasteiger partial charge in [-0.25, -0.2) is 4.98 Å². The van der Waals surface area contributed by atoms with Crippen LogP contribution in [0.3, 0.4) is 0 Å². The van der Waals surface area contributed by atoms with Crippen LogP contribution in [0, 0.1) is 0 Å². The highest BCUT2D eigenvalue weighted by Crippen LogP contribution is 2.57. The molecule has 2 aliphatic heterocycles. The fourth-order valence-electron chi connectivity index (χ4n) is 7.07. The van der Waals surface area contributed by atoms with Crippen LogP contribution in [0.5, 0.6) is 0 Å². The Balaban J connectivity index is 1.38. The number of nitrogens with zero attached hydrogens (tertiary/aromatic N) is 3. The maximum absolute atomic E-state index is 4.87. The van der Waals surface area contributed by atoms with Crippen LogP contribution in [0.2, 0.25) is 0 Å². The second-order valence-electron chi connectivity index (χ2n) is 10.2. The number of rotatable bonds is 0. The minimum Gasteiger partial charge on any atom is -0.292 e. The predicted octanol–water partition coefficient (Wildman–Crippen LogP) is 6.90. The van der Waals surface area contributed by atoms with Crippen LogP contribution >= 0.6 is 0 Å². The molecule has 0 bridgehead atoms. The molecule has 0 radical (unpaired) electrons. The summed E-state index contributed by atoms with van der Waals surface area (Å²) in [6.45, 7) is 0. The molecule has 9 rings (SSSR count). The van der Waals surface area contributed by atoms with Crippen molar-refractivity contribution < 1.29 is 0 Å². The van der Waals surface area contributed by atoms with Crippen LogP contribution in [0.1, 0.15) is 44.5 Å². The summed E-state index contributed by atoms with van der Waals surface area (Å²) in [5, 5.41) is 0. The molecular formula is C32H21N3. The van der Waals surface area contributed by atoms with E-state index >= 15 is 0 Å². The summed E-state index contributed by atoms with van der Waals surface area (Å²) in [7, 11) is 0. The van der Waals surface area contributed by atoms with Gasteiger partial charge in [-0.05, 0) is 91.7 Å². The maximum Gasteiger partial charge on any atom is 0.141 e. The number of anilines is 3. The van der Waals surface area contributed by atoms with Gasteiger partial charge in [0.05, 0.1) is 17.6 Å². The Kier molecular flexibility index (Phi) is 3.24. The second kappa shape index (κ2) is 6.25. The molecule has 0 amide bonds. The van der Waals surface area contributed by atoms with Gasteiger partial charge >= 0.3 is 0 Å². The van der Waals surface area contributed by atoms with E-state index < -0.39 is 0 Å². The van der Waals surface area contributed by atoms with E-state index in [2.05, 4.69) is 70.5 Å². The molecule has 4 aliphatic rings. The summed E-state index contributed by atoms with van der Waals surface area (Å²) in [4.78, 5) is 11.8. The summed E-state index contributed by atoms with van der Waals surface area (Å²) in [6, 6.07) is 22.7. The molecule has 35 heavy (non-hydrogen) atoms. The third-order valence-electron chi connectivity index (χ3n) is 8.42. The first-order valence-electron chi connectivity index (χ1n) is 12.4. The van der Waals surface area contributed by atoms with E-state index in [9.17, 15) is 0 Å². The molecule has 3 nitrogen and oxygen atoms in total. The fraction of sp³-hybridized carbons (Fsp3) is 0.125. The zero-order valence-electron chi connectivity index (χ0n) is 19.2. The lowest BCUT2D eigenvalue weighted by Gasteiger charge is -2.39. The summed E-state index contributed by atoms with van der Waals surface area (Å²) in [6.07, 6.45) is 9.78. The molecule has 0 saturated heterocycles. The lowest BCUT2D eigenvalue weighted by atomic mass is 9.82. The summed E-state index contributed by atoms with van der Waals surface area (Å²) in [5.74, 6) is 1.05.